The lowest BCUT2D eigenvalue weighted by atomic mass is 9.60. The molecule has 29 heavy (non-hydrogen) atoms. The predicted octanol–water partition coefficient (Wildman–Crippen LogP) is 5.23. The van der Waals surface area contributed by atoms with Crippen LogP contribution in [0.5, 0.6) is 0 Å². The van der Waals surface area contributed by atoms with Crippen LogP contribution >= 0.6 is 0 Å². The van der Waals surface area contributed by atoms with Gasteiger partial charge >= 0.3 is 0 Å². The molecule has 0 radical (unpaired) electrons. The van der Waals surface area contributed by atoms with Gasteiger partial charge in [0.2, 0.25) is 5.91 Å². The van der Waals surface area contributed by atoms with Gasteiger partial charge in [0.15, 0.2) is 0 Å². The van der Waals surface area contributed by atoms with Gasteiger partial charge in [-0.15, -0.1) is 0 Å². The van der Waals surface area contributed by atoms with Crippen LogP contribution in [0.1, 0.15) is 44.2 Å². The molecule has 1 aromatic carbocycles. The number of carbonyl (C=O) groups is 1. The minimum atomic E-state index is -0.236. The Kier molecular flexibility index (Phi) is 4.94. The van der Waals surface area contributed by atoms with Gasteiger partial charge in [0.1, 0.15) is 5.82 Å². The van der Waals surface area contributed by atoms with Gasteiger partial charge in [-0.3, -0.25) is 9.78 Å². The highest BCUT2D eigenvalue weighted by Crippen LogP contribution is 2.49. The smallest absolute Gasteiger partial charge is 0.220 e. The molecule has 1 N–H and O–H groups in total. The summed E-state index contributed by atoms with van der Waals surface area (Å²) in [5.74, 6) is 2.28. The first kappa shape index (κ1) is 18.5. The number of hydrogen-bond donors (Lipinski definition) is 1. The fourth-order valence-electron chi connectivity index (χ4n) is 5.88. The minimum Gasteiger partial charge on any atom is -0.353 e. The van der Waals surface area contributed by atoms with Crippen molar-refractivity contribution in [2.24, 2.45) is 23.7 Å². The van der Waals surface area contributed by atoms with Crippen LogP contribution < -0.4 is 5.32 Å². The summed E-state index contributed by atoms with van der Waals surface area (Å²) < 4.78 is 13.5. The van der Waals surface area contributed by atoms with Crippen LogP contribution in [-0.2, 0) is 4.79 Å². The number of amides is 1. The van der Waals surface area contributed by atoms with Crippen molar-refractivity contribution in [2.75, 3.05) is 0 Å². The van der Waals surface area contributed by atoms with Crippen molar-refractivity contribution in [1.82, 2.24) is 10.3 Å². The molecule has 150 valence electrons. The van der Waals surface area contributed by atoms with E-state index in [1.165, 1.54) is 37.8 Å². The number of allylic oxidation sites excluding steroid dienone is 1. The third-order valence-corrected chi connectivity index (χ3v) is 7.23. The largest absolute Gasteiger partial charge is 0.353 e. The lowest BCUT2D eigenvalue weighted by Crippen LogP contribution is -2.45. The van der Waals surface area contributed by atoms with Crippen molar-refractivity contribution in [2.45, 2.75) is 44.6 Å². The molecule has 2 saturated carbocycles. The Balaban J connectivity index is 1.37. The van der Waals surface area contributed by atoms with E-state index in [1.54, 1.807) is 6.07 Å². The second-order valence-electron chi connectivity index (χ2n) is 8.90. The van der Waals surface area contributed by atoms with Crippen molar-refractivity contribution in [1.29, 1.82) is 0 Å². The number of pyridine rings is 1. The fourth-order valence-corrected chi connectivity index (χ4v) is 5.88. The molecule has 5 rings (SSSR count). The number of hydrogen-bond acceptors (Lipinski definition) is 2. The Morgan fingerprint density at radius 3 is 2.79 bits per heavy atom. The zero-order valence-corrected chi connectivity index (χ0v) is 16.6. The van der Waals surface area contributed by atoms with Crippen LogP contribution in [-0.4, -0.2) is 16.9 Å². The van der Waals surface area contributed by atoms with E-state index in [-0.39, 0.29) is 11.7 Å². The molecule has 4 heteroatoms. The molecule has 0 spiro atoms. The van der Waals surface area contributed by atoms with Gasteiger partial charge < -0.3 is 5.32 Å². The summed E-state index contributed by atoms with van der Waals surface area (Å²) >= 11 is 0. The molecule has 3 aliphatic rings. The van der Waals surface area contributed by atoms with Crippen LogP contribution in [0.15, 0.2) is 48.7 Å². The summed E-state index contributed by atoms with van der Waals surface area (Å²) in [5, 5.41) is 3.23. The summed E-state index contributed by atoms with van der Waals surface area (Å²) in [7, 11) is 0. The molecule has 1 aliphatic heterocycles. The van der Waals surface area contributed by atoms with Crippen LogP contribution in [0.4, 0.5) is 4.39 Å². The number of nitrogens with one attached hydrogen (secondary N) is 1. The molecule has 3 nitrogen and oxygen atoms in total. The van der Waals surface area contributed by atoms with Crippen LogP contribution in [0.2, 0.25) is 0 Å². The number of nitrogens with zero attached hydrogens (tertiary/aromatic N) is 1. The van der Waals surface area contributed by atoms with Gasteiger partial charge in [-0.25, -0.2) is 4.39 Å². The van der Waals surface area contributed by atoms with Gasteiger partial charge in [0.25, 0.3) is 0 Å². The molecule has 2 aromatic rings. The van der Waals surface area contributed by atoms with Gasteiger partial charge in [0.05, 0.1) is 5.69 Å². The van der Waals surface area contributed by atoms with Crippen LogP contribution in [0.3, 0.4) is 0 Å². The number of benzene rings is 1. The molecule has 1 amide bonds. The third-order valence-electron chi connectivity index (χ3n) is 7.23. The summed E-state index contributed by atoms with van der Waals surface area (Å²) in [4.78, 5) is 16.6. The third kappa shape index (κ3) is 3.73. The van der Waals surface area contributed by atoms with Gasteiger partial charge in [-0.2, -0.15) is 0 Å². The number of halogens is 1. The molecule has 5 atom stereocenters. The maximum absolute atomic E-state index is 13.5. The maximum Gasteiger partial charge on any atom is 0.220 e. The van der Waals surface area contributed by atoms with E-state index in [9.17, 15) is 9.18 Å². The Labute approximate surface area is 171 Å². The zero-order chi connectivity index (χ0) is 19.8. The molecule has 1 aromatic heterocycles. The van der Waals surface area contributed by atoms with Crippen molar-refractivity contribution in [3.8, 4) is 11.1 Å². The average molecular weight is 391 g/mol. The van der Waals surface area contributed by atoms with Gasteiger partial charge in [-0.1, -0.05) is 43.5 Å². The highest BCUT2D eigenvalue weighted by Gasteiger charge is 2.47. The van der Waals surface area contributed by atoms with E-state index < -0.39 is 0 Å². The summed E-state index contributed by atoms with van der Waals surface area (Å²) in [6.07, 6.45) is 13.3. The lowest BCUT2D eigenvalue weighted by Gasteiger charge is -2.46. The van der Waals surface area contributed by atoms with Gasteiger partial charge in [0, 0.05) is 24.2 Å². The quantitative estimate of drug-likeness (QED) is 0.779. The molecular weight excluding hydrogens is 363 g/mol. The number of rotatable bonds is 3. The SMILES string of the molecule is O=C1C[C@@H]2[C@@H](/C=C/c3ccc(-c4cccc(F)c4)cn3)[C@@H]3CCCC[C@H]3C[C@H]2N1. The topological polar surface area (TPSA) is 42.0 Å². The molecule has 2 heterocycles. The Morgan fingerprint density at radius 1 is 1.07 bits per heavy atom. The molecule has 1 saturated heterocycles. The normalized spacial score (nSPS) is 31.3. The summed E-state index contributed by atoms with van der Waals surface area (Å²) in [6.45, 7) is 0. The molecule has 2 aliphatic carbocycles. The summed E-state index contributed by atoms with van der Waals surface area (Å²) in [5.41, 5.74) is 2.66. The molecule has 3 fully saturated rings. The lowest BCUT2D eigenvalue weighted by molar-refractivity contribution is -0.119. The monoisotopic (exact) mass is 390 g/mol. The van der Waals surface area contributed by atoms with E-state index in [0.717, 1.165) is 29.2 Å². The molecular formula is C25H27FN2O. The first-order chi connectivity index (χ1) is 14.2. The highest BCUT2D eigenvalue weighted by molar-refractivity contribution is 5.79. The highest BCUT2D eigenvalue weighted by atomic mass is 19.1. The van der Waals surface area contributed by atoms with E-state index >= 15 is 0 Å². The van der Waals surface area contributed by atoms with Crippen molar-refractivity contribution in [3.05, 3.63) is 60.2 Å². The van der Waals surface area contributed by atoms with E-state index in [4.69, 9.17) is 0 Å². The Morgan fingerprint density at radius 2 is 1.97 bits per heavy atom. The van der Waals surface area contributed by atoms with Crippen LogP contribution in [0, 0.1) is 29.5 Å². The number of fused-ring (bicyclic) bond motifs is 2. The molecule has 0 unspecified atom stereocenters. The standard InChI is InChI=1S/C25H27FN2O/c26-19-6-3-5-16(12-19)18-8-9-20(27-15-18)10-11-22-21-7-2-1-4-17(21)13-24-23(22)14-25(29)28-24/h3,5-6,8-12,15,17,21-24H,1-2,4,7,13-14H2,(H,28,29)/b11-10+/t17-,21+,22-,23+,24+/m0/s1. The average Bonchev–Trinajstić information content (AvgIpc) is 3.11. The molecule has 0 bridgehead atoms. The second kappa shape index (κ2) is 7.74. The van der Waals surface area contributed by atoms with Crippen molar-refractivity contribution < 1.29 is 9.18 Å². The van der Waals surface area contributed by atoms with E-state index in [0.29, 0.717) is 30.2 Å². The number of aromatic nitrogens is 1. The van der Waals surface area contributed by atoms with E-state index in [2.05, 4.69) is 22.5 Å². The first-order valence-corrected chi connectivity index (χ1v) is 10.9. The van der Waals surface area contributed by atoms with Gasteiger partial charge in [-0.05, 0) is 66.4 Å². The Bertz CT molecular complexity index is 923. The van der Waals surface area contributed by atoms with Crippen molar-refractivity contribution in [3.63, 3.8) is 0 Å². The van der Waals surface area contributed by atoms with E-state index in [1.807, 2.05) is 24.4 Å². The van der Waals surface area contributed by atoms with Crippen LogP contribution in [0.25, 0.3) is 17.2 Å². The predicted molar refractivity (Wildman–Crippen MR) is 112 cm³/mol. The summed E-state index contributed by atoms with van der Waals surface area (Å²) in [6, 6.07) is 10.9. The number of carbonyl (C=O) groups excluding carboxylic acids is 1. The Hall–Kier alpha value is -2.49. The first-order valence-electron chi connectivity index (χ1n) is 10.9. The minimum absolute atomic E-state index is 0.217. The van der Waals surface area contributed by atoms with Crippen molar-refractivity contribution >= 4 is 12.0 Å². The maximum atomic E-state index is 13.5. The zero-order valence-electron chi connectivity index (χ0n) is 16.6. The second-order valence-corrected chi connectivity index (χ2v) is 8.90. The fraction of sp³-hybridized carbons (Fsp3) is 0.440.